The van der Waals surface area contributed by atoms with Gasteiger partial charge in [-0.2, -0.15) is 0 Å². The van der Waals surface area contributed by atoms with E-state index in [0.29, 0.717) is 6.42 Å². The molecule has 0 radical (unpaired) electrons. The third-order valence-electron chi connectivity index (χ3n) is 4.72. The van der Waals surface area contributed by atoms with Gasteiger partial charge in [0.25, 0.3) is 0 Å². The molecule has 0 saturated carbocycles. The lowest BCUT2D eigenvalue weighted by Crippen LogP contribution is -2.31. The maximum atomic E-state index is 12.4. The summed E-state index contributed by atoms with van der Waals surface area (Å²) >= 11 is 0. The summed E-state index contributed by atoms with van der Waals surface area (Å²) < 4.78 is 5.43. The highest BCUT2D eigenvalue weighted by atomic mass is 16.3. The Balaban J connectivity index is 1.46. The number of hydrogen-bond donors (Lipinski definition) is 0. The van der Waals surface area contributed by atoms with Crippen molar-refractivity contribution in [3.8, 4) is 0 Å². The van der Waals surface area contributed by atoms with Crippen LogP contribution in [0.5, 0.6) is 0 Å². The van der Waals surface area contributed by atoms with E-state index in [1.165, 1.54) is 0 Å². The number of pyridine rings is 1. The normalized spacial score (nSPS) is 25.5. The molecule has 2 saturated heterocycles. The number of likely N-dealkylation sites (tertiary alicyclic amines) is 1. The van der Waals surface area contributed by atoms with Crippen LogP contribution in [0.2, 0.25) is 0 Å². The molecule has 5 heteroatoms. The van der Waals surface area contributed by atoms with Gasteiger partial charge in [-0.15, -0.1) is 0 Å². The van der Waals surface area contributed by atoms with Gasteiger partial charge in [-0.05, 0) is 37.2 Å². The number of amides is 1. The van der Waals surface area contributed by atoms with E-state index in [1.54, 1.807) is 12.5 Å². The third kappa shape index (κ3) is 2.41. The minimum Gasteiger partial charge on any atom is -0.468 e. The summed E-state index contributed by atoms with van der Waals surface area (Å²) in [6.07, 6.45) is 5.13. The van der Waals surface area contributed by atoms with Gasteiger partial charge >= 0.3 is 0 Å². The Kier molecular flexibility index (Phi) is 3.22. The third-order valence-corrected chi connectivity index (χ3v) is 4.72. The Labute approximate surface area is 129 Å². The van der Waals surface area contributed by atoms with Crippen LogP contribution in [-0.2, 0) is 11.3 Å². The van der Waals surface area contributed by atoms with Crippen LogP contribution in [0.4, 0.5) is 5.82 Å². The standard InChI is InChI=1S/C17H19N3O2/c21-16-10-17(13-20(16)15-5-1-2-7-18-15)6-8-19(12-17)11-14-4-3-9-22-14/h1-5,7,9H,6,8,10-13H2/t17-/m1/s1. The highest BCUT2D eigenvalue weighted by molar-refractivity contribution is 5.95. The highest BCUT2D eigenvalue weighted by Gasteiger charge is 2.48. The maximum Gasteiger partial charge on any atom is 0.228 e. The molecule has 0 aromatic carbocycles. The summed E-state index contributed by atoms with van der Waals surface area (Å²) in [5, 5.41) is 0. The number of carbonyl (C=O) groups is 1. The molecule has 114 valence electrons. The second-order valence-electron chi connectivity index (χ2n) is 6.38. The van der Waals surface area contributed by atoms with Crippen molar-refractivity contribution in [3.05, 3.63) is 48.6 Å². The average molecular weight is 297 g/mol. The molecule has 2 fully saturated rings. The highest BCUT2D eigenvalue weighted by Crippen LogP contribution is 2.41. The summed E-state index contributed by atoms with van der Waals surface area (Å²) in [7, 11) is 0. The van der Waals surface area contributed by atoms with Crippen LogP contribution in [0.25, 0.3) is 0 Å². The van der Waals surface area contributed by atoms with E-state index in [1.807, 2.05) is 35.2 Å². The Morgan fingerprint density at radius 1 is 1.23 bits per heavy atom. The summed E-state index contributed by atoms with van der Waals surface area (Å²) in [4.78, 5) is 21.0. The molecule has 0 bridgehead atoms. The van der Waals surface area contributed by atoms with Crippen molar-refractivity contribution in [2.24, 2.45) is 5.41 Å². The molecular weight excluding hydrogens is 278 g/mol. The Morgan fingerprint density at radius 3 is 2.95 bits per heavy atom. The fourth-order valence-electron chi connectivity index (χ4n) is 3.68. The largest absolute Gasteiger partial charge is 0.468 e. The lowest BCUT2D eigenvalue weighted by Gasteiger charge is -2.23. The summed E-state index contributed by atoms with van der Waals surface area (Å²) in [5.41, 5.74) is 0.0706. The molecule has 4 rings (SSSR count). The predicted octanol–water partition coefficient (Wildman–Crippen LogP) is 2.30. The van der Waals surface area contributed by atoms with Gasteiger partial charge in [0.2, 0.25) is 5.91 Å². The molecule has 1 atom stereocenters. The van der Waals surface area contributed by atoms with Crippen LogP contribution < -0.4 is 4.90 Å². The van der Waals surface area contributed by atoms with Crippen LogP contribution in [0.15, 0.2) is 47.2 Å². The molecule has 1 amide bonds. The number of furan rings is 1. The zero-order valence-electron chi connectivity index (χ0n) is 12.4. The van der Waals surface area contributed by atoms with Crippen molar-refractivity contribution >= 4 is 11.7 Å². The van der Waals surface area contributed by atoms with Gasteiger partial charge < -0.3 is 4.42 Å². The van der Waals surface area contributed by atoms with Crippen LogP contribution >= 0.6 is 0 Å². The fraction of sp³-hybridized carbons (Fsp3) is 0.412. The molecule has 2 aliphatic rings. The Bertz CT molecular complexity index is 656. The summed E-state index contributed by atoms with van der Waals surface area (Å²) in [6.45, 7) is 3.57. The second-order valence-corrected chi connectivity index (χ2v) is 6.38. The molecule has 0 N–H and O–H groups in total. The minimum atomic E-state index is 0.0706. The molecule has 0 aliphatic carbocycles. The van der Waals surface area contributed by atoms with Gasteiger partial charge in [-0.3, -0.25) is 14.6 Å². The molecular formula is C17H19N3O2. The van der Waals surface area contributed by atoms with Crippen molar-refractivity contribution in [1.82, 2.24) is 9.88 Å². The molecule has 0 unspecified atom stereocenters. The first kappa shape index (κ1) is 13.5. The van der Waals surface area contributed by atoms with E-state index in [2.05, 4.69) is 9.88 Å². The van der Waals surface area contributed by atoms with E-state index in [-0.39, 0.29) is 11.3 Å². The fourth-order valence-corrected chi connectivity index (χ4v) is 3.68. The van der Waals surface area contributed by atoms with Gasteiger partial charge in [-0.1, -0.05) is 6.07 Å². The number of hydrogen-bond acceptors (Lipinski definition) is 4. The lowest BCUT2D eigenvalue weighted by molar-refractivity contribution is -0.117. The van der Waals surface area contributed by atoms with Gasteiger partial charge in [-0.25, -0.2) is 4.98 Å². The molecule has 2 aromatic rings. The number of anilines is 1. The Hall–Kier alpha value is -2.14. The van der Waals surface area contributed by atoms with E-state index in [9.17, 15) is 4.79 Å². The van der Waals surface area contributed by atoms with Crippen LogP contribution in [0.1, 0.15) is 18.6 Å². The second kappa shape index (κ2) is 5.25. The van der Waals surface area contributed by atoms with Crippen LogP contribution in [0, 0.1) is 5.41 Å². The number of nitrogens with zero attached hydrogens (tertiary/aromatic N) is 3. The molecule has 1 spiro atoms. The first-order valence-electron chi connectivity index (χ1n) is 7.70. The molecule has 22 heavy (non-hydrogen) atoms. The van der Waals surface area contributed by atoms with E-state index in [0.717, 1.165) is 44.2 Å². The van der Waals surface area contributed by atoms with Crippen molar-refractivity contribution < 1.29 is 9.21 Å². The van der Waals surface area contributed by atoms with Crippen molar-refractivity contribution in [2.75, 3.05) is 24.5 Å². The Morgan fingerprint density at radius 2 is 2.18 bits per heavy atom. The molecule has 2 aromatic heterocycles. The zero-order valence-corrected chi connectivity index (χ0v) is 12.4. The first-order valence-corrected chi connectivity index (χ1v) is 7.70. The molecule has 2 aliphatic heterocycles. The number of rotatable bonds is 3. The van der Waals surface area contributed by atoms with E-state index >= 15 is 0 Å². The van der Waals surface area contributed by atoms with Crippen molar-refractivity contribution in [1.29, 1.82) is 0 Å². The minimum absolute atomic E-state index is 0.0706. The average Bonchev–Trinajstić information content (AvgIpc) is 3.23. The number of aromatic nitrogens is 1. The maximum absolute atomic E-state index is 12.4. The quantitative estimate of drug-likeness (QED) is 0.872. The van der Waals surface area contributed by atoms with E-state index < -0.39 is 0 Å². The molecule has 4 heterocycles. The van der Waals surface area contributed by atoms with Gasteiger partial charge in [0.1, 0.15) is 11.6 Å². The SMILES string of the molecule is O=C1C[C@@]2(CCN(Cc3ccco3)C2)CN1c1ccccn1. The monoisotopic (exact) mass is 297 g/mol. The molecule has 5 nitrogen and oxygen atoms in total. The van der Waals surface area contributed by atoms with E-state index in [4.69, 9.17) is 4.42 Å². The predicted molar refractivity (Wildman–Crippen MR) is 82.2 cm³/mol. The van der Waals surface area contributed by atoms with Crippen LogP contribution in [0.3, 0.4) is 0 Å². The lowest BCUT2D eigenvalue weighted by atomic mass is 9.86. The smallest absolute Gasteiger partial charge is 0.228 e. The summed E-state index contributed by atoms with van der Waals surface area (Å²) in [5.74, 6) is 1.95. The van der Waals surface area contributed by atoms with Gasteiger partial charge in [0.05, 0.1) is 12.8 Å². The van der Waals surface area contributed by atoms with Crippen molar-refractivity contribution in [3.63, 3.8) is 0 Å². The van der Waals surface area contributed by atoms with Crippen LogP contribution in [-0.4, -0.2) is 35.4 Å². The summed E-state index contributed by atoms with van der Waals surface area (Å²) in [6, 6.07) is 9.64. The van der Waals surface area contributed by atoms with Gasteiger partial charge in [0.15, 0.2) is 0 Å². The van der Waals surface area contributed by atoms with Gasteiger partial charge in [0, 0.05) is 31.1 Å². The first-order chi connectivity index (χ1) is 10.7. The zero-order chi connectivity index (χ0) is 15.0. The topological polar surface area (TPSA) is 49.6 Å². The number of carbonyl (C=O) groups excluding carboxylic acids is 1. The van der Waals surface area contributed by atoms with Crippen molar-refractivity contribution in [2.45, 2.75) is 19.4 Å².